The number of phenolic OH excluding ortho intramolecular Hbond substituents is 2. The van der Waals surface area contributed by atoms with Crippen LogP contribution in [0.5, 0.6) is 17.2 Å². The highest BCUT2D eigenvalue weighted by molar-refractivity contribution is 5.88. The summed E-state index contributed by atoms with van der Waals surface area (Å²) < 4.78 is 10.2. The minimum Gasteiger partial charge on any atom is -0.513 e. The molecule has 2 aromatic rings. The second-order valence-corrected chi connectivity index (χ2v) is 4.92. The van der Waals surface area contributed by atoms with Gasteiger partial charge in [0.2, 0.25) is 11.2 Å². The van der Waals surface area contributed by atoms with Crippen LogP contribution in [-0.2, 0) is 4.74 Å². The van der Waals surface area contributed by atoms with Crippen LogP contribution in [0.1, 0.15) is 12.7 Å². The van der Waals surface area contributed by atoms with Crippen molar-refractivity contribution in [3.8, 4) is 17.2 Å². The Bertz CT molecular complexity index is 913. The number of aliphatic hydroxyl groups is 1. The number of fused-ring (bicyclic) bond motifs is 1. The topological polar surface area (TPSA) is 120 Å². The predicted molar refractivity (Wildman–Crippen MR) is 88.0 cm³/mol. The smallest absolute Gasteiger partial charge is 0.238 e. The molecule has 0 aliphatic heterocycles. The lowest BCUT2D eigenvalue weighted by molar-refractivity contribution is 0.338. The molecule has 0 aliphatic carbocycles. The molecule has 0 bridgehead atoms. The first-order chi connectivity index (χ1) is 11.3. The zero-order valence-corrected chi connectivity index (χ0v) is 13.0. The second kappa shape index (κ2) is 6.82. The Morgan fingerprint density at radius 3 is 2.58 bits per heavy atom. The molecule has 7 nitrogen and oxygen atoms in total. The minimum atomic E-state index is -0.866. The van der Waals surface area contributed by atoms with Crippen molar-refractivity contribution in [3.05, 3.63) is 58.4 Å². The van der Waals surface area contributed by atoms with Crippen molar-refractivity contribution in [3.63, 3.8) is 0 Å². The first-order valence-electron chi connectivity index (χ1n) is 6.84. The number of ether oxygens (including phenoxy) is 1. The Balaban J connectivity index is 2.81. The van der Waals surface area contributed by atoms with Gasteiger partial charge in [-0.25, -0.2) is 0 Å². The van der Waals surface area contributed by atoms with E-state index in [9.17, 15) is 25.2 Å². The molecule has 0 aliphatic rings. The van der Waals surface area contributed by atoms with Gasteiger partial charge in [0.1, 0.15) is 22.5 Å². The maximum Gasteiger partial charge on any atom is 0.238 e. The fourth-order valence-corrected chi connectivity index (χ4v) is 2.11. The standard InChI is InChI=1S/C17H16O7/c1-9(18)6-10(4-3-5-23-2)17-16(22)15(21)14-12(20)7-11(19)8-13(14)24-17/h3-8,18-20,22H,1-2H3/b5-3+,9-6+,10-4+. The molecule has 2 rings (SSSR count). The van der Waals surface area contributed by atoms with Crippen molar-refractivity contribution in [2.24, 2.45) is 0 Å². The zero-order chi connectivity index (χ0) is 17.9. The van der Waals surface area contributed by atoms with Gasteiger partial charge in [0.05, 0.1) is 19.1 Å². The molecule has 4 N–H and O–H groups in total. The average molecular weight is 332 g/mol. The van der Waals surface area contributed by atoms with Gasteiger partial charge < -0.3 is 29.6 Å². The molecule has 1 heterocycles. The fourth-order valence-electron chi connectivity index (χ4n) is 2.11. The minimum absolute atomic E-state index is 0.0898. The van der Waals surface area contributed by atoms with Crippen molar-refractivity contribution in [2.45, 2.75) is 6.92 Å². The summed E-state index contributed by atoms with van der Waals surface area (Å²) >= 11 is 0. The van der Waals surface area contributed by atoms with E-state index in [4.69, 9.17) is 9.15 Å². The third kappa shape index (κ3) is 3.35. The molecule has 0 spiro atoms. The summed E-state index contributed by atoms with van der Waals surface area (Å²) in [6.07, 6.45) is 5.52. The maximum atomic E-state index is 12.3. The number of methoxy groups -OCH3 is 1. The molecule has 0 unspecified atom stereocenters. The van der Waals surface area contributed by atoms with Crippen molar-refractivity contribution in [1.82, 2.24) is 0 Å². The Morgan fingerprint density at radius 1 is 1.25 bits per heavy atom. The van der Waals surface area contributed by atoms with Crippen LogP contribution in [0.4, 0.5) is 0 Å². The average Bonchev–Trinajstić information content (AvgIpc) is 2.49. The van der Waals surface area contributed by atoms with Gasteiger partial charge in [-0.3, -0.25) is 4.79 Å². The molecule has 0 saturated carbocycles. The normalized spacial score (nSPS) is 12.9. The summed E-state index contributed by atoms with van der Waals surface area (Å²) in [6, 6.07) is 2.10. The van der Waals surface area contributed by atoms with E-state index in [1.165, 1.54) is 38.5 Å². The molecule has 24 heavy (non-hydrogen) atoms. The molecule has 0 fully saturated rings. The fraction of sp³-hybridized carbons (Fsp3) is 0.118. The van der Waals surface area contributed by atoms with E-state index >= 15 is 0 Å². The number of aromatic hydroxyl groups is 3. The second-order valence-electron chi connectivity index (χ2n) is 4.92. The summed E-state index contributed by atoms with van der Waals surface area (Å²) in [5, 5.41) is 38.7. The quantitative estimate of drug-likeness (QED) is 0.502. The first-order valence-corrected chi connectivity index (χ1v) is 6.84. The number of hydrogen-bond donors (Lipinski definition) is 4. The summed E-state index contributed by atoms with van der Waals surface area (Å²) in [5.41, 5.74) is -0.798. The lowest BCUT2D eigenvalue weighted by Crippen LogP contribution is -2.04. The van der Waals surface area contributed by atoms with Crippen LogP contribution in [0.3, 0.4) is 0 Å². The highest BCUT2D eigenvalue weighted by Gasteiger charge is 2.19. The maximum absolute atomic E-state index is 12.3. The molecule has 1 aromatic carbocycles. The van der Waals surface area contributed by atoms with E-state index in [-0.39, 0.29) is 33.8 Å². The number of hydrogen-bond acceptors (Lipinski definition) is 7. The first kappa shape index (κ1) is 17.0. The lowest BCUT2D eigenvalue weighted by Gasteiger charge is -2.08. The molecule has 126 valence electrons. The summed E-state index contributed by atoms with van der Waals surface area (Å²) in [7, 11) is 1.44. The van der Waals surface area contributed by atoms with Gasteiger partial charge in [0, 0.05) is 17.7 Å². The molecule has 1 aromatic heterocycles. The van der Waals surface area contributed by atoms with Crippen molar-refractivity contribution in [2.75, 3.05) is 7.11 Å². The summed E-state index contributed by atoms with van der Waals surface area (Å²) in [5.74, 6) is -1.88. The zero-order valence-electron chi connectivity index (χ0n) is 13.0. The Morgan fingerprint density at radius 2 is 1.96 bits per heavy atom. The Hall–Kier alpha value is -3.35. The van der Waals surface area contributed by atoms with E-state index in [0.717, 1.165) is 12.1 Å². The summed E-state index contributed by atoms with van der Waals surface area (Å²) in [6.45, 7) is 1.40. The molecule has 7 heteroatoms. The molecule has 0 saturated heterocycles. The molecular formula is C17H16O7. The number of phenols is 2. The Kier molecular flexibility index (Phi) is 4.84. The molecule has 0 atom stereocenters. The van der Waals surface area contributed by atoms with E-state index < -0.39 is 16.9 Å². The van der Waals surface area contributed by atoms with Crippen LogP contribution in [0, 0.1) is 0 Å². The number of rotatable bonds is 4. The van der Waals surface area contributed by atoms with Crippen LogP contribution >= 0.6 is 0 Å². The van der Waals surface area contributed by atoms with Gasteiger partial charge in [-0.2, -0.15) is 0 Å². The van der Waals surface area contributed by atoms with Crippen molar-refractivity contribution >= 4 is 16.5 Å². The third-order valence-corrected chi connectivity index (χ3v) is 3.05. The van der Waals surface area contributed by atoms with Crippen LogP contribution in [0.2, 0.25) is 0 Å². The van der Waals surface area contributed by atoms with Gasteiger partial charge in [-0.1, -0.05) is 0 Å². The highest BCUT2D eigenvalue weighted by atomic mass is 16.5. The van der Waals surface area contributed by atoms with Gasteiger partial charge in [-0.05, 0) is 25.2 Å². The van der Waals surface area contributed by atoms with Crippen LogP contribution < -0.4 is 5.43 Å². The Labute approximate surface area is 136 Å². The van der Waals surface area contributed by atoms with Gasteiger partial charge >= 0.3 is 0 Å². The monoisotopic (exact) mass is 332 g/mol. The summed E-state index contributed by atoms with van der Waals surface area (Å²) in [4.78, 5) is 12.3. The molecule has 0 amide bonds. The largest absolute Gasteiger partial charge is 0.513 e. The van der Waals surface area contributed by atoms with E-state index in [1.807, 2.05) is 0 Å². The van der Waals surface area contributed by atoms with E-state index in [1.54, 1.807) is 0 Å². The van der Waals surface area contributed by atoms with Crippen LogP contribution in [0.15, 0.2) is 51.6 Å². The van der Waals surface area contributed by atoms with Gasteiger partial charge in [-0.15, -0.1) is 0 Å². The van der Waals surface area contributed by atoms with Crippen molar-refractivity contribution in [1.29, 1.82) is 0 Å². The predicted octanol–water partition coefficient (Wildman–Crippen LogP) is 2.92. The molecule has 0 radical (unpaired) electrons. The SMILES string of the molecule is CO/C=C/C=C(\C=C(/C)O)c1oc2cc(O)cc(O)c2c(=O)c1O. The van der Waals surface area contributed by atoms with E-state index in [0.29, 0.717) is 0 Å². The van der Waals surface area contributed by atoms with Crippen LogP contribution in [0.25, 0.3) is 16.5 Å². The van der Waals surface area contributed by atoms with Gasteiger partial charge in [0.25, 0.3) is 0 Å². The third-order valence-electron chi connectivity index (χ3n) is 3.05. The van der Waals surface area contributed by atoms with Crippen molar-refractivity contribution < 1.29 is 29.6 Å². The number of benzene rings is 1. The highest BCUT2D eigenvalue weighted by Crippen LogP contribution is 2.33. The number of aliphatic hydroxyl groups excluding tert-OH is 1. The number of allylic oxidation sites excluding steroid dienone is 5. The van der Waals surface area contributed by atoms with Gasteiger partial charge in [0.15, 0.2) is 5.76 Å². The lowest BCUT2D eigenvalue weighted by atomic mass is 10.1. The molecular weight excluding hydrogens is 316 g/mol. The van der Waals surface area contributed by atoms with Crippen LogP contribution in [-0.4, -0.2) is 27.5 Å². The van der Waals surface area contributed by atoms with E-state index in [2.05, 4.69) is 0 Å².